The van der Waals surface area contributed by atoms with E-state index in [2.05, 4.69) is 14.7 Å². The first-order valence-electron chi connectivity index (χ1n) is 11.4. The number of amides is 3. The highest BCUT2D eigenvalue weighted by Crippen LogP contribution is 2.34. The minimum Gasteiger partial charge on any atom is -0.395 e. The van der Waals surface area contributed by atoms with Crippen molar-refractivity contribution in [2.45, 2.75) is 13.0 Å². The Hall–Kier alpha value is -4.35. The molecule has 0 aliphatic rings. The number of nitrogens with one attached hydrogen (secondary N) is 1. The number of aromatic nitrogens is 2. The van der Waals surface area contributed by atoms with Crippen LogP contribution in [-0.4, -0.2) is 47.3 Å². The highest BCUT2D eigenvalue weighted by Gasteiger charge is 2.36. The van der Waals surface area contributed by atoms with Crippen molar-refractivity contribution < 1.29 is 19.1 Å². The molecule has 0 fully saturated rings. The third kappa shape index (κ3) is 5.42. The Labute approximate surface area is 217 Å². The normalized spacial score (nSPS) is 11.7. The van der Waals surface area contributed by atoms with Crippen LogP contribution >= 0.6 is 11.5 Å². The van der Waals surface area contributed by atoms with Crippen molar-refractivity contribution in [1.29, 1.82) is 0 Å². The fourth-order valence-corrected chi connectivity index (χ4v) is 4.62. The van der Waals surface area contributed by atoms with Gasteiger partial charge in [0.15, 0.2) is 5.69 Å². The average Bonchev–Trinajstić information content (AvgIpc) is 3.29. The zero-order valence-corrected chi connectivity index (χ0v) is 21.1. The maximum absolute atomic E-state index is 14.0. The lowest BCUT2D eigenvalue weighted by molar-refractivity contribution is -0.122. The van der Waals surface area contributed by atoms with Gasteiger partial charge in [-0.1, -0.05) is 29.8 Å². The van der Waals surface area contributed by atoms with E-state index in [1.807, 2.05) is 31.2 Å². The average molecular weight is 519 g/mol. The number of methoxy groups -OCH3 is 1. The number of nitrogens with two attached hydrogens (primary N) is 2. The summed E-state index contributed by atoms with van der Waals surface area (Å²) in [5, 5.41) is 3.65. The molecular formula is C26H26N6O4S. The Morgan fingerprint density at radius 2 is 1.89 bits per heavy atom. The van der Waals surface area contributed by atoms with Gasteiger partial charge in [-0.15, -0.1) is 0 Å². The number of anilines is 2. The van der Waals surface area contributed by atoms with Gasteiger partial charge in [-0.05, 0) is 54.4 Å². The van der Waals surface area contributed by atoms with E-state index in [1.165, 1.54) is 12.0 Å². The summed E-state index contributed by atoms with van der Waals surface area (Å²) in [4.78, 5) is 45.2. The maximum atomic E-state index is 14.0. The zero-order chi connectivity index (χ0) is 26.5. The monoisotopic (exact) mass is 518 g/mol. The molecule has 0 aliphatic carbocycles. The zero-order valence-electron chi connectivity index (χ0n) is 20.3. The van der Waals surface area contributed by atoms with Crippen molar-refractivity contribution in [3.05, 3.63) is 82.5 Å². The summed E-state index contributed by atoms with van der Waals surface area (Å²) in [6.45, 7) is 2.45. The molecule has 11 heteroatoms. The summed E-state index contributed by atoms with van der Waals surface area (Å²) < 4.78 is 9.06. The number of nitrogen functional groups attached to an aromatic ring is 1. The Morgan fingerprint density at radius 1 is 1.14 bits per heavy atom. The lowest BCUT2D eigenvalue weighted by atomic mass is 10.00. The van der Waals surface area contributed by atoms with Crippen molar-refractivity contribution >= 4 is 51.5 Å². The van der Waals surface area contributed by atoms with E-state index in [9.17, 15) is 14.4 Å². The van der Waals surface area contributed by atoms with Crippen molar-refractivity contribution in [2.75, 3.05) is 30.9 Å². The molecule has 1 unspecified atom stereocenters. The molecular weight excluding hydrogens is 492 g/mol. The van der Waals surface area contributed by atoms with Crippen LogP contribution in [0.4, 0.5) is 11.4 Å². The van der Waals surface area contributed by atoms with Crippen molar-refractivity contribution in [3.63, 3.8) is 0 Å². The fraction of sp³-hybridized carbons (Fsp3) is 0.192. The molecule has 4 rings (SSSR count). The number of ether oxygens (including phenoxy) is 1. The molecule has 2 heterocycles. The molecule has 0 aliphatic heterocycles. The number of carbonyl (C=O) groups excluding carboxylic acids is 3. The SMILES string of the molecule is COCCNC(=O)C(c1ccc2ncccc2c1)N(C(=O)c1snc(C(N)=O)c1N)c1ccc(C)cc1. The predicted molar refractivity (Wildman–Crippen MR) is 142 cm³/mol. The summed E-state index contributed by atoms with van der Waals surface area (Å²) in [5.41, 5.74) is 13.9. The van der Waals surface area contributed by atoms with Gasteiger partial charge in [0.25, 0.3) is 11.8 Å². The first kappa shape index (κ1) is 25.7. The minimum atomic E-state index is -1.09. The van der Waals surface area contributed by atoms with Crippen molar-refractivity contribution in [3.8, 4) is 0 Å². The van der Waals surface area contributed by atoms with E-state index in [-0.39, 0.29) is 22.8 Å². The first-order chi connectivity index (χ1) is 17.8. The number of pyridine rings is 1. The molecule has 4 aromatic rings. The number of rotatable bonds is 9. The number of aryl methyl sites for hydroxylation is 1. The van der Waals surface area contributed by atoms with E-state index in [4.69, 9.17) is 16.2 Å². The topological polar surface area (TPSA) is 154 Å². The number of carbonyl (C=O) groups is 3. The van der Waals surface area contributed by atoms with Gasteiger partial charge in [-0.2, -0.15) is 4.37 Å². The molecule has 0 spiro atoms. The molecule has 10 nitrogen and oxygen atoms in total. The van der Waals surface area contributed by atoms with Crippen LogP contribution in [0.2, 0.25) is 0 Å². The minimum absolute atomic E-state index is 0.00604. The Bertz CT molecular complexity index is 1450. The number of nitrogens with zero attached hydrogens (tertiary/aromatic N) is 3. The second-order valence-corrected chi connectivity index (χ2v) is 9.06. The summed E-state index contributed by atoms with van der Waals surface area (Å²) in [6, 6.07) is 15.1. The van der Waals surface area contributed by atoms with E-state index >= 15 is 0 Å². The summed E-state index contributed by atoms with van der Waals surface area (Å²) >= 11 is 0.758. The van der Waals surface area contributed by atoms with Gasteiger partial charge < -0.3 is 21.5 Å². The van der Waals surface area contributed by atoms with Gasteiger partial charge >= 0.3 is 0 Å². The molecule has 37 heavy (non-hydrogen) atoms. The quantitative estimate of drug-likeness (QED) is 0.288. The lowest BCUT2D eigenvalue weighted by Crippen LogP contribution is -2.44. The van der Waals surface area contributed by atoms with Gasteiger partial charge in [0.1, 0.15) is 10.9 Å². The van der Waals surface area contributed by atoms with Crippen LogP contribution in [-0.2, 0) is 9.53 Å². The summed E-state index contributed by atoms with van der Waals surface area (Å²) in [6.07, 6.45) is 1.68. The second kappa shape index (κ2) is 11.1. The number of benzene rings is 2. The fourth-order valence-electron chi connectivity index (χ4n) is 3.88. The predicted octanol–water partition coefficient (Wildman–Crippen LogP) is 2.83. The number of hydrogen-bond acceptors (Lipinski definition) is 8. The molecule has 2 aromatic heterocycles. The maximum Gasteiger partial charge on any atom is 0.273 e. The molecule has 3 amide bonds. The van der Waals surface area contributed by atoms with Gasteiger partial charge in [0, 0.05) is 30.9 Å². The standard InChI is InChI=1S/C26H26N6O4S/c1-15-5-8-18(9-6-15)32(26(35)23-20(27)21(24(28)33)31-37-23)22(25(34)30-12-13-36-2)17-7-10-19-16(14-17)4-3-11-29-19/h3-11,14,22H,12-13,27H2,1-2H3,(H2,28,33)(H,30,34). The highest BCUT2D eigenvalue weighted by molar-refractivity contribution is 7.09. The van der Waals surface area contributed by atoms with Crippen LogP contribution in [0.3, 0.4) is 0 Å². The van der Waals surface area contributed by atoms with Crippen LogP contribution in [0.15, 0.2) is 60.8 Å². The van der Waals surface area contributed by atoms with Gasteiger partial charge in [-0.25, -0.2) is 0 Å². The molecule has 0 saturated carbocycles. The number of primary amides is 1. The van der Waals surface area contributed by atoms with E-state index in [0.717, 1.165) is 28.0 Å². The van der Waals surface area contributed by atoms with Crippen LogP contribution in [0, 0.1) is 6.92 Å². The highest BCUT2D eigenvalue weighted by atomic mass is 32.1. The van der Waals surface area contributed by atoms with Gasteiger partial charge in [0.2, 0.25) is 5.91 Å². The smallest absolute Gasteiger partial charge is 0.273 e. The van der Waals surface area contributed by atoms with Crippen molar-refractivity contribution in [1.82, 2.24) is 14.7 Å². The van der Waals surface area contributed by atoms with Crippen LogP contribution < -0.4 is 21.7 Å². The second-order valence-electron chi connectivity index (χ2n) is 8.29. The Morgan fingerprint density at radius 3 is 2.57 bits per heavy atom. The molecule has 0 saturated heterocycles. The van der Waals surface area contributed by atoms with Gasteiger partial charge in [0.05, 0.1) is 17.8 Å². The van der Waals surface area contributed by atoms with Crippen molar-refractivity contribution in [2.24, 2.45) is 5.73 Å². The lowest BCUT2D eigenvalue weighted by Gasteiger charge is -2.31. The number of fused-ring (bicyclic) bond motifs is 1. The molecule has 190 valence electrons. The Balaban J connectivity index is 1.89. The number of hydrogen-bond donors (Lipinski definition) is 3. The van der Waals surface area contributed by atoms with Crippen LogP contribution in [0.25, 0.3) is 10.9 Å². The molecule has 1 atom stereocenters. The van der Waals surface area contributed by atoms with E-state index < -0.39 is 23.8 Å². The third-order valence-electron chi connectivity index (χ3n) is 5.74. The summed E-state index contributed by atoms with van der Waals surface area (Å²) in [5.74, 6) is -1.86. The third-order valence-corrected chi connectivity index (χ3v) is 6.59. The van der Waals surface area contributed by atoms with E-state index in [0.29, 0.717) is 17.9 Å². The molecule has 0 radical (unpaired) electrons. The van der Waals surface area contributed by atoms with Gasteiger partial charge in [-0.3, -0.25) is 24.3 Å². The summed E-state index contributed by atoms with van der Waals surface area (Å²) in [7, 11) is 1.53. The van der Waals surface area contributed by atoms with Crippen LogP contribution in [0.5, 0.6) is 0 Å². The van der Waals surface area contributed by atoms with E-state index in [1.54, 1.807) is 36.5 Å². The largest absolute Gasteiger partial charge is 0.395 e. The molecule has 2 aromatic carbocycles. The molecule has 5 N–H and O–H groups in total. The molecule has 0 bridgehead atoms. The first-order valence-corrected chi connectivity index (χ1v) is 12.2. The Kier molecular flexibility index (Phi) is 7.75. The van der Waals surface area contributed by atoms with Crippen LogP contribution in [0.1, 0.15) is 37.3 Å².